The molecule has 2 nitrogen and oxygen atoms in total. The van der Waals surface area contributed by atoms with E-state index in [1.165, 1.54) is 0 Å². The molecule has 0 amide bonds. The van der Waals surface area contributed by atoms with Crippen LogP contribution in [0, 0.1) is 0 Å². The number of nitrogens with two attached hydrogens (primary N) is 1. The van der Waals surface area contributed by atoms with Gasteiger partial charge in [-0.05, 0) is 17.7 Å². The highest BCUT2D eigenvalue weighted by molar-refractivity contribution is 6.50. The molecule has 0 saturated carbocycles. The lowest BCUT2D eigenvalue weighted by Gasteiger charge is -1.93. The molecule has 0 aliphatic rings. The lowest BCUT2D eigenvalue weighted by Crippen LogP contribution is -2.14. The first-order valence-electron chi connectivity index (χ1n) is 2.84. The Morgan fingerprint density at radius 1 is 1.67 bits per heavy atom. The van der Waals surface area contributed by atoms with E-state index in [-0.39, 0.29) is 0 Å². The zero-order valence-corrected chi connectivity index (χ0v) is 5.33. The van der Waals surface area contributed by atoms with Gasteiger partial charge in [0.2, 0.25) is 0 Å². The van der Waals surface area contributed by atoms with Crippen molar-refractivity contribution in [2.24, 2.45) is 0 Å². The molecule has 1 radical (unpaired) electrons. The summed E-state index contributed by atoms with van der Waals surface area (Å²) >= 11 is 0. The van der Waals surface area contributed by atoms with E-state index in [1.54, 1.807) is 12.3 Å². The van der Waals surface area contributed by atoms with E-state index in [2.05, 4.69) is 4.98 Å². The number of nitrogens with zero attached hydrogens (tertiary/aromatic N) is 1. The van der Waals surface area contributed by atoms with Crippen LogP contribution in [0.2, 0.25) is 6.82 Å². The summed E-state index contributed by atoms with van der Waals surface area (Å²) in [5, 5.41) is 0. The van der Waals surface area contributed by atoms with Gasteiger partial charge in [0.25, 0.3) is 0 Å². The maximum atomic E-state index is 5.47. The zero-order valence-electron chi connectivity index (χ0n) is 5.33. The van der Waals surface area contributed by atoms with E-state index < -0.39 is 0 Å². The molecule has 45 valence electrons. The van der Waals surface area contributed by atoms with Crippen LogP contribution >= 0.6 is 0 Å². The Balaban J connectivity index is 2.94. The lowest BCUT2D eigenvalue weighted by molar-refractivity contribution is 1.39. The van der Waals surface area contributed by atoms with Gasteiger partial charge in [-0.15, -0.1) is 0 Å². The molecule has 1 aromatic rings. The van der Waals surface area contributed by atoms with Gasteiger partial charge in [-0.3, -0.25) is 4.98 Å². The number of hydrogen-bond acceptors (Lipinski definition) is 2. The molecule has 0 aliphatic carbocycles. The number of aromatic nitrogens is 1. The normalized spacial score (nSPS) is 9.00. The lowest BCUT2D eigenvalue weighted by atomic mass is 9.77. The molecule has 1 rings (SSSR count). The summed E-state index contributed by atoms with van der Waals surface area (Å²) in [6, 6.07) is 3.60. The third-order valence-corrected chi connectivity index (χ3v) is 1.10. The van der Waals surface area contributed by atoms with Crippen molar-refractivity contribution in [1.82, 2.24) is 4.98 Å². The average molecular weight is 119 g/mol. The molecule has 0 fully saturated rings. The van der Waals surface area contributed by atoms with E-state index in [0.717, 1.165) is 11.3 Å². The van der Waals surface area contributed by atoms with Crippen molar-refractivity contribution in [2.75, 3.05) is 5.73 Å². The van der Waals surface area contributed by atoms with E-state index in [9.17, 15) is 0 Å². The van der Waals surface area contributed by atoms with Crippen molar-refractivity contribution in [3.63, 3.8) is 0 Å². The molecule has 0 atom stereocenters. The van der Waals surface area contributed by atoms with Crippen molar-refractivity contribution < 1.29 is 0 Å². The molecule has 1 heterocycles. The van der Waals surface area contributed by atoms with Gasteiger partial charge in [-0.25, -0.2) is 0 Å². The largest absolute Gasteiger partial charge is 0.399 e. The predicted molar refractivity (Wildman–Crippen MR) is 39.9 cm³/mol. The molecule has 0 aliphatic heterocycles. The van der Waals surface area contributed by atoms with Crippen molar-refractivity contribution in [1.29, 1.82) is 0 Å². The van der Waals surface area contributed by atoms with Crippen molar-refractivity contribution in [3.8, 4) is 0 Å². The van der Waals surface area contributed by atoms with Gasteiger partial charge in [-0.1, -0.05) is 6.82 Å². The summed E-state index contributed by atoms with van der Waals surface area (Å²) in [5.74, 6) is 0. The second-order valence-corrected chi connectivity index (χ2v) is 1.80. The molecule has 0 aromatic carbocycles. The van der Waals surface area contributed by atoms with Crippen molar-refractivity contribution >= 4 is 18.6 Å². The standard InChI is InChI=1S/C6H8BN2/c1-7-6-4-5(8)2-3-9-6/h2-4H,1H3,(H2,8,9). The molecule has 3 heteroatoms. The molecule has 0 spiro atoms. The Bertz CT molecular complexity index is 200. The van der Waals surface area contributed by atoms with E-state index >= 15 is 0 Å². The fourth-order valence-corrected chi connectivity index (χ4v) is 0.623. The first-order valence-corrected chi connectivity index (χ1v) is 2.84. The van der Waals surface area contributed by atoms with Crippen LogP contribution in [0.5, 0.6) is 0 Å². The molecule has 0 bridgehead atoms. The summed E-state index contributed by atoms with van der Waals surface area (Å²) in [7, 11) is 1.91. The Kier molecular flexibility index (Phi) is 1.73. The van der Waals surface area contributed by atoms with Crippen LogP contribution < -0.4 is 11.3 Å². The highest BCUT2D eigenvalue weighted by atomic mass is 14.7. The fourth-order valence-electron chi connectivity index (χ4n) is 0.623. The summed E-state index contributed by atoms with van der Waals surface area (Å²) < 4.78 is 0. The maximum absolute atomic E-state index is 5.47. The number of rotatable bonds is 1. The Morgan fingerprint density at radius 2 is 2.44 bits per heavy atom. The summed E-state index contributed by atoms with van der Waals surface area (Å²) in [5.41, 5.74) is 7.16. The molecule has 9 heavy (non-hydrogen) atoms. The number of pyridine rings is 1. The zero-order chi connectivity index (χ0) is 6.69. The summed E-state index contributed by atoms with van der Waals surface area (Å²) in [4.78, 5) is 4.02. The van der Waals surface area contributed by atoms with Gasteiger partial charge in [0.15, 0.2) is 7.28 Å². The van der Waals surface area contributed by atoms with Gasteiger partial charge < -0.3 is 5.73 Å². The van der Waals surface area contributed by atoms with Crippen molar-refractivity contribution in [2.45, 2.75) is 6.82 Å². The quantitative estimate of drug-likeness (QED) is 0.530. The van der Waals surface area contributed by atoms with Gasteiger partial charge >= 0.3 is 0 Å². The number of nitrogen functional groups attached to an aromatic ring is 1. The second kappa shape index (κ2) is 2.53. The SMILES string of the molecule is C[B]c1cc(N)ccn1. The molecule has 1 aromatic heterocycles. The highest BCUT2D eigenvalue weighted by Gasteiger charge is 1.89. The third kappa shape index (κ3) is 1.45. The highest BCUT2D eigenvalue weighted by Crippen LogP contribution is 1.92. The topological polar surface area (TPSA) is 38.9 Å². The Hall–Kier alpha value is -0.985. The van der Waals surface area contributed by atoms with Gasteiger partial charge in [-0.2, -0.15) is 0 Å². The first kappa shape index (κ1) is 6.14. The molecule has 0 saturated heterocycles. The molecular weight excluding hydrogens is 111 g/mol. The molecule has 2 N–H and O–H groups in total. The minimum atomic E-state index is 0.762. The molecule has 0 unspecified atom stereocenters. The van der Waals surface area contributed by atoms with Crippen LogP contribution in [0.1, 0.15) is 0 Å². The Morgan fingerprint density at radius 3 is 2.89 bits per heavy atom. The second-order valence-electron chi connectivity index (χ2n) is 1.80. The third-order valence-electron chi connectivity index (χ3n) is 1.10. The van der Waals surface area contributed by atoms with Crippen molar-refractivity contribution in [3.05, 3.63) is 18.3 Å². The van der Waals surface area contributed by atoms with E-state index in [4.69, 9.17) is 5.73 Å². The van der Waals surface area contributed by atoms with Crippen LogP contribution in [0.25, 0.3) is 0 Å². The van der Waals surface area contributed by atoms with E-state index in [1.807, 2.05) is 20.2 Å². The van der Waals surface area contributed by atoms with Gasteiger partial charge in [0.05, 0.1) is 0 Å². The van der Waals surface area contributed by atoms with Gasteiger partial charge in [0.1, 0.15) is 0 Å². The first-order chi connectivity index (χ1) is 4.33. The fraction of sp³-hybridized carbons (Fsp3) is 0.167. The van der Waals surface area contributed by atoms with Crippen LogP contribution in [0.15, 0.2) is 18.3 Å². The monoisotopic (exact) mass is 119 g/mol. The van der Waals surface area contributed by atoms with E-state index in [0.29, 0.717) is 0 Å². The Labute approximate surface area is 55.3 Å². The minimum Gasteiger partial charge on any atom is -0.399 e. The predicted octanol–water partition coefficient (Wildman–Crippen LogP) is 0.0414. The van der Waals surface area contributed by atoms with Crippen LogP contribution in [0.4, 0.5) is 5.69 Å². The number of hydrogen-bond donors (Lipinski definition) is 1. The maximum Gasteiger partial charge on any atom is 0.174 e. The smallest absolute Gasteiger partial charge is 0.174 e. The molecular formula is C6H8BN2. The van der Waals surface area contributed by atoms with Gasteiger partial charge in [0, 0.05) is 11.9 Å². The van der Waals surface area contributed by atoms with Crippen LogP contribution in [0.3, 0.4) is 0 Å². The average Bonchev–Trinajstić information content (AvgIpc) is 1.88. The summed E-state index contributed by atoms with van der Waals surface area (Å²) in [6.45, 7) is 1.93. The minimum absolute atomic E-state index is 0.762. The van der Waals surface area contributed by atoms with Crippen LogP contribution in [-0.4, -0.2) is 12.3 Å². The number of anilines is 1. The van der Waals surface area contributed by atoms with Crippen LogP contribution in [-0.2, 0) is 0 Å². The summed E-state index contributed by atoms with van der Waals surface area (Å²) in [6.07, 6.45) is 1.70.